The number of fused-ring (bicyclic) bond motifs is 4. The summed E-state index contributed by atoms with van der Waals surface area (Å²) in [6, 6.07) is 19.0. The van der Waals surface area contributed by atoms with E-state index in [1.807, 2.05) is 6.07 Å². The van der Waals surface area contributed by atoms with Crippen LogP contribution in [0.2, 0.25) is 0 Å². The van der Waals surface area contributed by atoms with E-state index in [2.05, 4.69) is 48.5 Å². The van der Waals surface area contributed by atoms with Crippen molar-refractivity contribution in [1.82, 2.24) is 0 Å². The summed E-state index contributed by atoms with van der Waals surface area (Å²) in [6.07, 6.45) is 1.11. The predicted octanol–water partition coefficient (Wildman–Crippen LogP) is 5.51. The van der Waals surface area contributed by atoms with E-state index in [4.69, 9.17) is 16.3 Å². The molecule has 0 N–H and O–H groups in total. The highest BCUT2D eigenvalue weighted by Crippen LogP contribution is 2.49. The fraction of sp³-hybridized carbons (Fsp3) is 0.190. The summed E-state index contributed by atoms with van der Waals surface area (Å²) in [5.41, 5.74) is 4.95. The Morgan fingerprint density at radius 3 is 2.42 bits per heavy atom. The van der Waals surface area contributed by atoms with Crippen LogP contribution in [0.3, 0.4) is 0 Å². The molecule has 1 aliphatic rings. The second kappa shape index (κ2) is 5.95. The van der Waals surface area contributed by atoms with Gasteiger partial charge in [-0.25, -0.2) is 0 Å². The van der Waals surface area contributed by atoms with Crippen LogP contribution in [-0.2, 0) is 4.79 Å². The fourth-order valence-corrected chi connectivity index (χ4v) is 3.82. The number of hydrogen-bond donors (Lipinski definition) is 0. The second-order valence-corrected chi connectivity index (χ2v) is 6.61. The Hall–Kier alpha value is -2.32. The number of ether oxygens (including phenoxy) is 1. The molecule has 3 heteroatoms. The maximum Gasteiger partial charge on any atom is 0.221 e. The molecule has 3 aromatic rings. The van der Waals surface area contributed by atoms with Crippen LogP contribution in [-0.4, -0.2) is 12.4 Å². The molecule has 1 aliphatic carbocycles. The first-order valence-electron chi connectivity index (χ1n) is 8.06. The molecule has 4 rings (SSSR count). The summed E-state index contributed by atoms with van der Waals surface area (Å²) < 4.78 is 5.40. The summed E-state index contributed by atoms with van der Waals surface area (Å²) >= 11 is 5.59. The minimum atomic E-state index is -0.278. The average molecular weight is 337 g/mol. The maximum absolute atomic E-state index is 11.3. The molecule has 0 saturated carbocycles. The van der Waals surface area contributed by atoms with Crippen LogP contribution in [0, 0.1) is 0 Å². The van der Waals surface area contributed by atoms with Gasteiger partial charge in [-0.05, 0) is 75.3 Å². The first kappa shape index (κ1) is 15.2. The monoisotopic (exact) mass is 336 g/mol. The fourth-order valence-electron chi connectivity index (χ4n) is 3.72. The largest absolute Gasteiger partial charge is 0.497 e. The second-order valence-electron chi connectivity index (χ2n) is 6.19. The number of hydrogen-bond acceptors (Lipinski definition) is 2. The average Bonchev–Trinajstić information content (AvgIpc) is 2.90. The molecule has 1 unspecified atom stereocenters. The van der Waals surface area contributed by atoms with E-state index in [9.17, 15) is 4.79 Å². The van der Waals surface area contributed by atoms with E-state index in [1.165, 1.54) is 33.0 Å². The van der Waals surface area contributed by atoms with Crippen molar-refractivity contribution in [2.45, 2.75) is 18.8 Å². The number of benzene rings is 3. The third kappa shape index (κ3) is 2.47. The van der Waals surface area contributed by atoms with Crippen molar-refractivity contribution >= 4 is 27.6 Å². The highest BCUT2D eigenvalue weighted by atomic mass is 35.5. The van der Waals surface area contributed by atoms with E-state index < -0.39 is 0 Å². The van der Waals surface area contributed by atoms with Crippen molar-refractivity contribution in [2.24, 2.45) is 0 Å². The minimum Gasteiger partial charge on any atom is -0.497 e. The van der Waals surface area contributed by atoms with Gasteiger partial charge in [0.25, 0.3) is 0 Å². The smallest absolute Gasteiger partial charge is 0.221 e. The lowest BCUT2D eigenvalue weighted by molar-refractivity contribution is -0.111. The van der Waals surface area contributed by atoms with Gasteiger partial charge in [0.1, 0.15) is 5.75 Å². The Morgan fingerprint density at radius 2 is 1.71 bits per heavy atom. The highest BCUT2D eigenvalue weighted by Gasteiger charge is 2.29. The Balaban J connectivity index is 1.92. The van der Waals surface area contributed by atoms with Gasteiger partial charge in [-0.3, -0.25) is 4.79 Å². The third-order valence-electron chi connectivity index (χ3n) is 4.85. The molecule has 1 atom stereocenters. The molecule has 24 heavy (non-hydrogen) atoms. The van der Waals surface area contributed by atoms with Crippen molar-refractivity contribution in [3.05, 3.63) is 65.7 Å². The zero-order valence-corrected chi connectivity index (χ0v) is 14.1. The molecular formula is C21H17ClO2. The Kier molecular flexibility index (Phi) is 3.78. The summed E-state index contributed by atoms with van der Waals surface area (Å²) in [5, 5.41) is 2.16. The first-order valence-corrected chi connectivity index (χ1v) is 8.44. The molecular weight excluding hydrogens is 320 g/mol. The van der Waals surface area contributed by atoms with Crippen molar-refractivity contribution in [3.8, 4) is 16.9 Å². The number of rotatable bonds is 4. The van der Waals surface area contributed by atoms with E-state index in [-0.39, 0.29) is 11.2 Å². The molecule has 0 spiro atoms. The first-order chi connectivity index (χ1) is 11.7. The van der Waals surface area contributed by atoms with Gasteiger partial charge in [-0.2, -0.15) is 0 Å². The SMILES string of the molecule is COc1ccc2c(c1)-c1cc3ccccc3cc1C2CCC(=O)Cl. The zero-order chi connectivity index (χ0) is 16.7. The molecule has 2 nitrogen and oxygen atoms in total. The maximum atomic E-state index is 11.3. The summed E-state index contributed by atoms with van der Waals surface area (Å²) in [7, 11) is 1.68. The number of methoxy groups -OCH3 is 1. The van der Waals surface area contributed by atoms with Gasteiger partial charge >= 0.3 is 0 Å². The predicted molar refractivity (Wildman–Crippen MR) is 97.9 cm³/mol. The van der Waals surface area contributed by atoms with Gasteiger partial charge in [0, 0.05) is 12.3 Å². The van der Waals surface area contributed by atoms with Gasteiger partial charge in [0.2, 0.25) is 5.24 Å². The van der Waals surface area contributed by atoms with Crippen LogP contribution >= 0.6 is 11.6 Å². The number of carbonyl (C=O) groups excluding carboxylic acids is 1. The third-order valence-corrected chi connectivity index (χ3v) is 5.04. The van der Waals surface area contributed by atoms with Crippen LogP contribution in [0.25, 0.3) is 21.9 Å². The molecule has 0 bridgehead atoms. The van der Waals surface area contributed by atoms with Gasteiger partial charge in [-0.1, -0.05) is 30.3 Å². The molecule has 0 aromatic heterocycles. The van der Waals surface area contributed by atoms with Crippen LogP contribution in [0.1, 0.15) is 29.9 Å². The lowest BCUT2D eigenvalue weighted by Gasteiger charge is -2.13. The van der Waals surface area contributed by atoms with Gasteiger partial charge in [0.05, 0.1) is 7.11 Å². The summed E-state index contributed by atoms with van der Waals surface area (Å²) in [5.74, 6) is 1.05. The van der Waals surface area contributed by atoms with Crippen molar-refractivity contribution in [2.75, 3.05) is 7.11 Å². The molecule has 0 aliphatic heterocycles. The molecule has 3 aromatic carbocycles. The van der Waals surface area contributed by atoms with Crippen LogP contribution < -0.4 is 4.74 Å². The van der Waals surface area contributed by atoms with Gasteiger partial charge in [0.15, 0.2) is 0 Å². The van der Waals surface area contributed by atoms with Crippen molar-refractivity contribution in [3.63, 3.8) is 0 Å². The van der Waals surface area contributed by atoms with Gasteiger partial charge < -0.3 is 4.74 Å². The van der Waals surface area contributed by atoms with E-state index in [0.717, 1.165) is 12.2 Å². The van der Waals surface area contributed by atoms with Crippen LogP contribution in [0.4, 0.5) is 0 Å². The Bertz CT molecular complexity index is 946. The lowest BCUT2D eigenvalue weighted by Crippen LogP contribution is -1.99. The van der Waals surface area contributed by atoms with Crippen molar-refractivity contribution < 1.29 is 9.53 Å². The zero-order valence-electron chi connectivity index (χ0n) is 13.4. The number of halogens is 1. The van der Waals surface area contributed by atoms with E-state index in [0.29, 0.717) is 6.42 Å². The Labute approximate surface area is 146 Å². The topological polar surface area (TPSA) is 26.3 Å². The summed E-state index contributed by atoms with van der Waals surface area (Å²) in [6.45, 7) is 0. The number of carbonyl (C=O) groups is 1. The van der Waals surface area contributed by atoms with Crippen molar-refractivity contribution in [1.29, 1.82) is 0 Å². The highest BCUT2D eigenvalue weighted by molar-refractivity contribution is 6.63. The van der Waals surface area contributed by atoms with E-state index >= 15 is 0 Å². The summed E-state index contributed by atoms with van der Waals surface area (Å²) in [4.78, 5) is 11.3. The molecule has 0 saturated heterocycles. The normalized spacial score (nSPS) is 15.2. The van der Waals surface area contributed by atoms with Gasteiger partial charge in [-0.15, -0.1) is 0 Å². The molecule has 0 heterocycles. The van der Waals surface area contributed by atoms with E-state index in [1.54, 1.807) is 7.11 Å². The standard InChI is InChI=1S/C21H17ClO2/c1-24-15-6-7-16-17(8-9-21(22)23)18-10-13-4-2-3-5-14(13)11-19(18)20(16)12-15/h2-7,10-12,17H,8-9H2,1H3. The molecule has 0 radical (unpaired) electrons. The lowest BCUT2D eigenvalue weighted by atomic mass is 9.91. The quantitative estimate of drug-likeness (QED) is 0.587. The molecule has 120 valence electrons. The van der Waals surface area contributed by atoms with Crippen LogP contribution in [0.15, 0.2) is 54.6 Å². The molecule has 0 amide bonds. The molecule has 0 fully saturated rings. The minimum absolute atomic E-state index is 0.202. The van der Waals surface area contributed by atoms with Crippen LogP contribution in [0.5, 0.6) is 5.75 Å². The Morgan fingerprint density at radius 1 is 1.00 bits per heavy atom.